The minimum absolute atomic E-state index is 0.115. The van der Waals surface area contributed by atoms with E-state index in [1.807, 2.05) is 6.07 Å². The molecular formula is C17H21FN2O3. The largest absolute Gasteiger partial charge is 0.388 e. The Labute approximate surface area is 134 Å². The molecule has 23 heavy (non-hydrogen) atoms. The number of halogens is 1. The third-order valence-corrected chi connectivity index (χ3v) is 4.76. The summed E-state index contributed by atoms with van der Waals surface area (Å²) in [6.45, 7) is 0.115. The van der Waals surface area contributed by atoms with E-state index < -0.39 is 6.10 Å². The van der Waals surface area contributed by atoms with Gasteiger partial charge in [-0.05, 0) is 42.5 Å². The van der Waals surface area contributed by atoms with E-state index in [4.69, 9.17) is 4.74 Å². The van der Waals surface area contributed by atoms with Crippen LogP contribution in [-0.2, 0) is 16.1 Å². The molecular weight excluding hydrogens is 299 g/mol. The number of aliphatic hydroxyl groups excluding tert-OH is 1. The Morgan fingerprint density at radius 1 is 1.43 bits per heavy atom. The van der Waals surface area contributed by atoms with Crippen molar-refractivity contribution in [2.24, 2.45) is 0 Å². The lowest BCUT2D eigenvalue weighted by Gasteiger charge is -2.28. The van der Waals surface area contributed by atoms with Crippen molar-refractivity contribution in [1.82, 2.24) is 9.47 Å². The number of aromatic nitrogens is 1. The number of likely N-dealkylation sites (N-methyl/N-ethyl adjacent to an activating group) is 1. The van der Waals surface area contributed by atoms with Crippen LogP contribution in [0.1, 0.15) is 12.8 Å². The topological polar surface area (TPSA) is 54.7 Å². The Hall–Kier alpha value is -1.92. The Morgan fingerprint density at radius 3 is 2.91 bits per heavy atom. The molecule has 0 radical (unpaired) electrons. The van der Waals surface area contributed by atoms with E-state index in [9.17, 15) is 14.3 Å². The number of aliphatic hydroxyl groups is 1. The zero-order valence-corrected chi connectivity index (χ0v) is 13.3. The fourth-order valence-electron chi connectivity index (χ4n) is 3.34. The number of amides is 1. The van der Waals surface area contributed by atoms with Crippen LogP contribution in [0.4, 0.5) is 4.39 Å². The van der Waals surface area contributed by atoms with Crippen molar-refractivity contribution < 1.29 is 19.0 Å². The molecule has 0 bridgehead atoms. The van der Waals surface area contributed by atoms with Crippen LogP contribution in [0.3, 0.4) is 0 Å². The first kappa shape index (κ1) is 16.0. The highest BCUT2D eigenvalue weighted by molar-refractivity contribution is 5.83. The highest BCUT2D eigenvalue weighted by Crippen LogP contribution is 2.26. The van der Waals surface area contributed by atoms with Crippen LogP contribution in [0.25, 0.3) is 10.9 Å². The van der Waals surface area contributed by atoms with Gasteiger partial charge in [-0.15, -0.1) is 0 Å². The molecule has 3 atom stereocenters. The first-order valence-electron chi connectivity index (χ1n) is 7.72. The Bertz CT molecular complexity index is 715. The van der Waals surface area contributed by atoms with E-state index in [1.54, 1.807) is 35.9 Å². The molecule has 2 aromatic rings. The molecule has 0 saturated heterocycles. The van der Waals surface area contributed by atoms with Crippen molar-refractivity contribution in [2.75, 3.05) is 14.2 Å². The minimum atomic E-state index is -0.673. The maximum absolute atomic E-state index is 13.4. The normalized spacial score (nSPS) is 24.3. The van der Waals surface area contributed by atoms with Crippen LogP contribution < -0.4 is 0 Å². The van der Waals surface area contributed by atoms with Crippen molar-refractivity contribution in [3.8, 4) is 0 Å². The Morgan fingerprint density at radius 2 is 2.22 bits per heavy atom. The smallest absolute Gasteiger partial charge is 0.242 e. The summed E-state index contributed by atoms with van der Waals surface area (Å²) >= 11 is 0. The number of rotatable bonds is 4. The second-order valence-electron chi connectivity index (χ2n) is 6.06. The lowest BCUT2D eigenvalue weighted by Crippen LogP contribution is -2.45. The van der Waals surface area contributed by atoms with Crippen LogP contribution in [-0.4, -0.2) is 52.9 Å². The number of ether oxygens (including phenoxy) is 1. The van der Waals surface area contributed by atoms with E-state index >= 15 is 0 Å². The first-order valence-corrected chi connectivity index (χ1v) is 7.72. The molecule has 1 aromatic heterocycles. The molecule has 0 unspecified atom stereocenters. The zero-order chi connectivity index (χ0) is 16.6. The van der Waals surface area contributed by atoms with Crippen LogP contribution in [0.5, 0.6) is 0 Å². The van der Waals surface area contributed by atoms with Crippen molar-refractivity contribution >= 4 is 16.8 Å². The molecule has 1 aromatic carbocycles. The number of benzene rings is 1. The number of hydrogen-bond acceptors (Lipinski definition) is 3. The molecule has 1 N–H and O–H groups in total. The van der Waals surface area contributed by atoms with Gasteiger partial charge in [0.25, 0.3) is 0 Å². The van der Waals surface area contributed by atoms with E-state index in [1.165, 1.54) is 12.1 Å². The quantitative estimate of drug-likeness (QED) is 0.934. The molecule has 5 nitrogen and oxygen atoms in total. The summed E-state index contributed by atoms with van der Waals surface area (Å²) in [5.74, 6) is -0.444. The fourth-order valence-corrected chi connectivity index (χ4v) is 3.34. The fraction of sp³-hybridized carbons (Fsp3) is 0.471. The summed E-state index contributed by atoms with van der Waals surface area (Å²) in [4.78, 5) is 14.1. The number of carbonyl (C=O) groups is 1. The highest BCUT2D eigenvalue weighted by atomic mass is 19.1. The molecule has 3 rings (SSSR count). The Kier molecular flexibility index (Phi) is 4.37. The molecule has 6 heteroatoms. The third-order valence-electron chi connectivity index (χ3n) is 4.76. The van der Waals surface area contributed by atoms with Crippen molar-refractivity contribution in [3.63, 3.8) is 0 Å². The number of hydrogen-bond donors (Lipinski definition) is 1. The lowest BCUT2D eigenvalue weighted by atomic mass is 10.1. The molecule has 1 fully saturated rings. The number of methoxy groups -OCH3 is 1. The van der Waals surface area contributed by atoms with Gasteiger partial charge in [-0.1, -0.05) is 0 Å². The van der Waals surface area contributed by atoms with Gasteiger partial charge in [-0.3, -0.25) is 4.79 Å². The summed E-state index contributed by atoms with van der Waals surface area (Å²) < 4.78 is 20.4. The zero-order valence-electron chi connectivity index (χ0n) is 13.3. The van der Waals surface area contributed by atoms with E-state index in [0.29, 0.717) is 11.9 Å². The second-order valence-corrected chi connectivity index (χ2v) is 6.06. The summed E-state index contributed by atoms with van der Waals surface area (Å²) in [5.41, 5.74) is 0.688. The van der Waals surface area contributed by atoms with Crippen molar-refractivity contribution in [1.29, 1.82) is 0 Å². The van der Waals surface area contributed by atoms with Gasteiger partial charge >= 0.3 is 0 Å². The number of fused-ring (bicyclic) bond motifs is 1. The first-order chi connectivity index (χ1) is 11.0. The maximum atomic E-state index is 13.4. The van der Waals surface area contributed by atoms with Gasteiger partial charge in [0.2, 0.25) is 5.91 Å². The minimum Gasteiger partial charge on any atom is -0.388 e. The second kappa shape index (κ2) is 6.29. The van der Waals surface area contributed by atoms with Crippen LogP contribution in [0.15, 0.2) is 30.5 Å². The predicted octanol–water partition coefficient (Wildman–Crippen LogP) is 1.78. The standard InChI is InChI=1S/C17H21FN2O3/c1-19(13-5-6-15(23-2)17(13)22)16(21)10-20-8-7-11-3-4-12(18)9-14(11)20/h3-4,7-9,13,15,17,22H,5-6,10H2,1-2H3/t13-,15-,17-/m1/s1. The van der Waals surface area contributed by atoms with E-state index in [-0.39, 0.29) is 30.4 Å². The monoisotopic (exact) mass is 320 g/mol. The van der Waals surface area contributed by atoms with Gasteiger partial charge in [0.15, 0.2) is 0 Å². The molecule has 0 spiro atoms. The maximum Gasteiger partial charge on any atom is 0.242 e. The van der Waals surface area contributed by atoms with Gasteiger partial charge in [-0.2, -0.15) is 0 Å². The van der Waals surface area contributed by atoms with Gasteiger partial charge < -0.3 is 19.3 Å². The average molecular weight is 320 g/mol. The lowest BCUT2D eigenvalue weighted by molar-refractivity contribution is -0.135. The van der Waals surface area contributed by atoms with Gasteiger partial charge in [-0.25, -0.2) is 4.39 Å². The third kappa shape index (κ3) is 2.96. The van der Waals surface area contributed by atoms with Crippen LogP contribution in [0.2, 0.25) is 0 Å². The molecule has 1 amide bonds. The van der Waals surface area contributed by atoms with Crippen LogP contribution >= 0.6 is 0 Å². The SMILES string of the molecule is CO[C@@H]1CC[C@@H](N(C)C(=O)Cn2ccc3ccc(F)cc32)[C@H]1O. The van der Waals surface area contributed by atoms with Gasteiger partial charge in [0.1, 0.15) is 18.5 Å². The molecule has 0 aliphatic heterocycles. The molecule has 124 valence electrons. The summed E-state index contributed by atoms with van der Waals surface area (Å²) in [7, 11) is 3.26. The van der Waals surface area contributed by atoms with Crippen molar-refractivity contribution in [3.05, 3.63) is 36.3 Å². The van der Waals surface area contributed by atoms with E-state index in [2.05, 4.69) is 0 Å². The summed E-state index contributed by atoms with van der Waals surface area (Å²) in [5, 5.41) is 11.1. The number of carbonyl (C=O) groups excluding carboxylic acids is 1. The number of nitrogens with zero attached hydrogens (tertiary/aromatic N) is 2. The molecule has 1 heterocycles. The molecule has 1 aliphatic rings. The van der Waals surface area contributed by atoms with Crippen LogP contribution in [0, 0.1) is 5.82 Å². The average Bonchev–Trinajstić information content (AvgIpc) is 3.10. The highest BCUT2D eigenvalue weighted by Gasteiger charge is 2.38. The van der Waals surface area contributed by atoms with Gasteiger partial charge in [0, 0.05) is 20.4 Å². The molecule has 1 aliphatic carbocycles. The summed E-state index contributed by atoms with van der Waals surface area (Å²) in [6, 6.07) is 6.13. The predicted molar refractivity (Wildman–Crippen MR) is 84.5 cm³/mol. The van der Waals surface area contributed by atoms with Crippen molar-refractivity contribution in [2.45, 2.75) is 37.6 Å². The summed E-state index contributed by atoms with van der Waals surface area (Å²) in [6.07, 6.45) is 2.32. The Balaban J connectivity index is 1.74. The van der Waals surface area contributed by atoms with Gasteiger partial charge in [0.05, 0.1) is 17.7 Å². The molecule has 1 saturated carbocycles. The van der Waals surface area contributed by atoms with E-state index in [0.717, 1.165) is 11.8 Å².